The first kappa shape index (κ1) is 15.2. The molecule has 0 bridgehead atoms. The standard InChI is InChI=1S/C17H13ClN2O3S/c18-12-4-2-1-3-10(12)5-6-20-16(21)11-7-14-15(23-9-22-14)8-13(11)19-17(20)24/h1-4,7-8H,5-6,9H2,(H,19,24). The van der Waals surface area contributed by atoms with Gasteiger partial charge < -0.3 is 14.5 Å². The van der Waals surface area contributed by atoms with Crippen molar-refractivity contribution < 1.29 is 9.47 Å². The maximum Gasteiger partial charge on any atom is 0.262 e. The average Bonchev–Trinajstić information content (AvgIpc) is 3.02. The van der Waals surface area contributed by atoms with Crippen molar-refractivity contribution in [3.63, 3.8) is 0 Å². The summed E-state index contributed by atoms with van der Waals surface area (Å²) in [6, 6.07) is 11.0. The van der Waals surface area contributed by atoms with Crippen LogP contribution in [0.2, 0.25) is 5.02 Å². The number of aromatic amines is 1. The highest BCUT2D eigenvalue weighted by Gasteiger charge is 2.17. The van der Waals surface area contributed by atoms with Crippen LogP contribution in [-0.2, 0) is 13.0 Å². The van der Waals surface area contributed by atoms with Crippen LogP contribution in [0.3, 0.4) is 0 Å². The molecular weight excluding hydrogens is 348 g/mol. The molecule has 24 heavy (non-hydrogen) atoms. The van der Waals surface area contributed by atoms with Crippen molar-refractivity contribution in [1.29, 1.82) is 0 Å². The molecule has 122 valence electrons. The summed E-state index contributed by atoms with van der Waals surface area (Å²) in [7, 11) is 0. The van der Waals surface area contributed by atoms with E-state index < -0.39 is 0 Å². The Morgan fingerprint density at radius 1 is 1.21 bits per heavy atom. The van der Waals surface area contributed by atoms with Crippen molar-refractivity contribution in [1.82, 2.24) is 9.55 Å². The van der Waals surface area contributed by atoms with Crippen LogP contribution in [-0.4, -0.2) is 16.3 Å². The third-order valence-electron chi connectivity index (χ3n) is 4.04. The molecule has 0 amide bonds. The zero-order chi connectivity index (χ0) is 16.7. The van der Waals surface area contributed by atoms with Crippen molar-refractivity contribution >= 4 is 34.7 Å². The number of fused-ring (bicyclic) bond motifs is 2. The maximum atomic E-state index is 12.8. The van der Waals surface area contributed by atoms with Crippen LogP contribution < -0.4 is 15.0 Å². The van der Waals surface area contributed by atoms with Gasteiger partial charge in [0.2, 0.25) is 6.79 Å². The molecule has 3 aromatic rings. The normalized spacial score (nSPS) is 12.7. The summed E-state index contributed by atoms with van der Waals surface area (Å²) >= 11 is 11.5. The number of aromatic nitrogens is 2. The van der Waals surface area contributed by atoms with E-state index in [0.717, 1.165) is 5.56 Å². The summed E-state index contributed by atoms with van der Waals surface area (Å²) in [5.41, 5.74) is 1.47. The number of nitrogens with zero attached hydrogens (tertiary/aromatic N) is 1. The SMILES string of the molecule is O=c1c2cc3c(cc2[nH]c(=S)n1CCc1ccccc1Cl)OCO3. The summed E-state index contributed by atoms with van der Waals surface area (Å²) in [5, 5.41) is 1.21. The van der Waals surface area contributed by atoms with E-state index in [1.165, 1.54) is 0 Å². The molecule has 1 N–H and O–H groups in total. The molecule has 0 spiro atoms. The average molecular weight is 361 g/mol. The Kier molecular flexibility index (Phi) is 3.78. The fourth-order valence-corrected chi connectivity index (χ4v) is 3.29. The van der Waals surface area contributed by atoms with E-state index in [2.05, 4.69) is 4.98 Å². The number of hydrogen-bond acceptors (Lipinski definition) is 4. The molecule has 4 rings (SSSR count). The number of rotatable bonds is 3. The first-order chi connectivity index (χ1) is 11.6. The molecule has 1 aliphatic rings. The smallest absolute Gasteiger partial charge is 0.262 e. The summed E-state index contributed by atoms with van der Waals surface area (Å²) in [4.78, 5) is 15.9. The molecule has 0 fully saturated rings. The highest BCUT2D eigenvalue weighted by molar-refractivity contribution is 7.71. The molecule has 0 atom stereocenters. The van der Waals surface area contributed by atoms with Crippen LogP contribution in [0, 0.1) is 4.77 Å². The van der Waals surface area contributed by atoms with Crippen LogP contribution >= 0.6 is 23.8 Å². The minimum absolute atomic E-state index is 0.154. The predicted octanol–water partition coefficient (Wildman–Crippen LogP) is 3.68. The molecule has 7 heteroatoms. The fourth-order valence-electron chi connectivity index (χ4n) is 2.78. The Morgan fingerprint density at radius 3 is 2.75 bits per heavy atom. The second kappa shape index (κ2) is 5.96. The topological polar surface area (TPSA) is 56.2 Å². The van der Waals surface area contributed by atoms with Gasteiger partial charge >= 0.3 is 0 Å². The van der Waals surface area contributed by atoms with Crippen LogP contribution in [0.15, 0.2) is 41.2 Å². The van der Waals surface area contributed by atoms with Crippen molar-refractivity contribution in [3.05, 3.63) is 62.1 Å². The Hall–Kier alpha value is -2.31. The lowest BCUT2D eigenvalue weighted by Gasteiger charge is -2.09. The number of H-pyrrole nitrogens is 1. The first-order valence-electron chi connectivity index (χ1n) is 7.43. The molecule has 2 heterocycles. The van der Waals surface area contributed by atoms with Gasteiger partial charge in [-0.05, 0) is 36.3 Å². The van der Waals surface area contributed by atoms with Crippen LogP contribution in [0.1, 0.15) is 5.56 Å². The summed E-state index contributed by atoms with van der Waals surface area (Å²) in [6.45, 7) is 0.607. The second-order valence-electron chi connectivity index (χ2n) is 5.48. The first-order valence-corrected chi connectivity index (χ1v) is 8.22. The zero-order valence-corrected chi connectivity index (χ0v) is 14.1. The van der Waals surface area contributed by atoms with Gasteiger partial charge in [-0.2, -0.15) is 0 Å². The molecule has 0 unspecified atom stereocenters. The minimum atomic E-state index is -0.154. The highest BCUT2D eigenvalue weighted by Crippen LogP contribution is 2.34. The van der Waals surface area contributed by atoms with Crippen molar-refractivity contribution in [2.24, 2.45) is 0 Å². The van der Waals surface area contributed by atoms with Gasteiger partial charge in [0.15, 0.2) is 16.3 Å². The number of hydrogen-bond donors (Lipinski definition) is 1. The van der Waals surface area contributed by atoms with Gasteiger partial charge in [-0.1, -0.05) is 29.8 Å². The van der Waals surface area contributed by atoms with Gasteiger partial charge in [-0.25, -0.2) is 0 Å². The lowest BCUT2D eigenvalue weighted by molar-refractivity contribution is 0.174. The Balaban J connectivity index is 1.76. The lowest BCUT2D eigenvalue weighted by atomic mass is 10.1. The molecule has 2 aromatic carbocycles. The Morgan fingerprint density at radius 2 is 1.96 bits per heavy atom. The van der Waals surface area contributed by atoms with E-state index in [1.807, 2.05) is 24.3 Å². The molecule has 1 aromatic heterocycles. The molecule has 0 saturated heterocycles. The Bertz CT molecular complexity index is 1060. The van der Waals surface area contributed by atoms with Gasteiger partial charge in [0.25, 0.3) is 5.56 Å². The summed E-state index contributed by atoms with van der Waals surface area (Å²) < 4.78 is 12.6. The van der Waals surface area contributed by atoms with Crippen LogP contribution in [0.5, 0.6) is 11.5 Å². The van der Waals surface area contributed by atoms with Gasteiger partial charge in [-0.3, -0.25) is 9.36 Å². The van der Waals surface area contributed by atoms with E-state index in [9.17, 15) is 4.79 Å². The molecule has 5 nitrogen and oxygen atoms in total. The lowest BCUT2D eigenvalue weighted by Crippen LogP contribution is -2.23. The summed E-state index contributed by atoms with van der Waals surface area (Å²) in [6.07, 6.45) is 0.618. The highest BCUT2D eigenvalue weighted by atomic mass is 35.5. The molecule has 0 radical (unpaired) electrons. The van der Waals surface area contributed by atoms with E-state index in [0.29, 0.717) is 45.2 Å². The largest absolute Gasteiger partial charge is 0.454 e. The van der Waals surface area contributed by atoms with Gasteiger partial charge in [-0.15, -0.1) is 0 Å². The van der Waals surface area contributed by atoms with Crippen LogP contribution in [0.25, 0.3) is 10.9 Å². The van der Waals surface area contributed by atoms with Gasteiger partial charge in [0.1, 0.15) is 0 Å². The predicted molar refractivity (Wildman–Crippen MR) is 94.7 cm³/mol. The van der Waals surface area contributed by atoms with Crippen molar-refractivity contribution in [2.75, 3.05) is 6.79 Å². The zero-order valence-electron chi connectivity index (χ0n) is 12.5. The second-order valence-corrected chi connectivity index (χ2v) is 6.27. The number of benzene rings is 2. The number of ether oxygens (including phenoxy) is 2. The maximum absolute atomic E-state index is 12.8. The van der Waals surface area contributed by atoms with E-state index in [-0.39, 0.29) is 12.4 Å². The molecule has 0 saturated carbocycles. The van der Waals surface area contributed by atoms with E-state index in [4.69, 9.17) is 33.3 Å². The molecular formula is C17H13ClN2O3S. The van der Waals surface area contributed by atoms with E-state index >= 15 is 0 Å². The minimum Gasteiger partial charge on any atom is -0.454 e. The third kappa shape index (κ3) is 2.57. The number of nitrogens with one attached hydrogen (secondary N) is 1. The van der Waals surface area contributed by atoms with Gasteiger partial charge in [0, 0.05) is 17.6 Å². The van der Waals surface area contributed by atoms with E-state index in [1.54, 1.807) is 16.7 Å². The number of aryl methyl sites for hydroxylation is 1. The quantitative estimate of drug-likeness (QED) is 0.724. The van der Waals surface area contributed by atoms with Crippen molar-refractivity contribution in [2.45, 2.75) is 13.0 Å². The fraction of sp³-hybridized carbons (Fsp3) is 0.176. The van der Waals surface area contributed by atoms with Crippen molar-refractivity contribution in [3.8, 4) is 11.5 Å². The third-order valence-corrected chi connectivity index (χ3v) is 4.73. The van der Waals surface area contributed by atoms with Crippen LogP contribution in [0.4, 0.5) is 0 Å². The molecule has 0 aliphatic carbocycles. The van der Waals surface area contributed by atoms with Gasteiger partial charge in [0.05, 0.1) is 10.9 Å². The molecule has 1 aliphatic heterocycles. The summed E-state index contributed by atoms with van der Waals surface area (Å²) in [5.74, 6) is 1.18. The number of halogens is 1. The Labute approximate surface area is 147 Å². The monoisotopic (exact) mass is 360 g/mol.